The zero-order chi connectivity index (χ0) is 16.5. The summed E-state index contributed by atoms with van der Waals surface area (Å²) >= 11 is 0. The molecule has 0 aliphatic carbocycles. The number of rotatable bonds is 3. The Balaban J connectivity index is 1.38. The first-order chi connectivity index (χ1) is 11.7. The highest BCUT2D eigenvalue weighted by Crippen LogP contribution is 2.27. The minimum atomic E-state index is 0.160. The number of amides is 1. The maximum absolute atomic E-state index is 12.5. The van der Waals surface area contributed by atoms with Crippen molar-refractivity contribution >= 4 is 5.91 Å². The SMILES string of the molecule is O=C(CCc1cc2n(n1)CCNC2)N1CCc2c(O)cccc2C1. The predicted octanol–water partition coefficient (Wildman–Crippen LogP) is 1.21. The topological polar surface area (TPSA) is 70.4 Å². The molecule has 0 spiro atoms. The lowest BCUT2D eigenvalue weighted by Crippen LogP contribution is -2.36. The van der Waals surface area contributed by atoms with Gasteiger partial charge in [-0.15, -0.1) is 0 Å². The number of carbonyl (C=O) groups excluding carboxylic acids is 1. The Morgan fingerprint density at radius 3 is 3.12 bits per heavy atom. The first-order valence-corrected chi connectivity index (χ1v) is 8.54. The van der Waals surface area contributed by atoms with Crippen LogP contribution in [0.2, 0.25) is 0 Å². The Bertz CT molecular complexity index is 745. The number of aromatic hydroxyl groups is 1. The number of hydrogen-bond donors (Lipinski definition) is 2. The van der Waals surface area contributed by atoms with Crippen LogP contribution in [-0.4, -0.2) is 38.8 Å². The first kappa shape index (κ1) is 15.2. The van der Waals surface area contributed by atoms with Crippen molar-refractivity contribution in [1.82, 2.24) is 20.0 Å². The first-order valence-electron chi connectivity index (χ1n) is 8.54. The van der Waals surface area contributed by atoms with E-state index in [0.29, 0.717) is 31.7 Å². The fourth-order valence-electron chi connectivity index (χ4n) is 3.57. The van der Waals surface area contributed by atoms with Gasteiger partial charge >= 0.3 is 0 Å². The van der Waals surface area contributed by atoms with Crippen molar-refractivity contribution in [3.63, 3.8) is 0 Å². The average molecular weight is 326 g/mol. The van der Waals surface area contributed by atoms with Gasteiger partial charge in [0.05, 0.1) is 17.9 Å². The lowest BCUT2D eigenvalue weighted by Gasteiger charge is -2.29. The van der Waals surface area contributed by atoms with Crippen LogP contribution in [0.5, 0.6) is 5.75 Å². The molecule has 0 saturated heterocycles. The lowest BCUT2D eigenvalue weighted by molar-refractivity contribution is -0.132. The van der Waals surface area contributed by atoms with Gasteiger partial charge in [0, 0.05) is 44.6 Å². The van der Waals surface area contributed by atoms with Crippen molar-refractivity contribution in [3.05, 3.63) is 46.8 Å². The summed E-state index contributed by atoms with van der Waals surface area (Å²) in [6, 6.07) is 7.64. The van der Waals surface area contributed by atoms with Crippen molar-refractivity contribution < 1.29 is 9.90 Å². The molecule has 2 aliphatic heterocycles. The molecular formula is C18H22N4O2. The molecule has 126 valence electrons. The summed E-state index contributed by atoms with van der Waals surface area (Å²) in [6.07, 6.45) is 1.89. The summed E-state index contributed by atoms with van der Waals surface area (Å²) < 4.78 is 2.04. The van der Waals surface area contributed by atoms with Gasteiger partial charge in [0.1, 0.15) is 5.75 Å². The molecule has 4 rings (SSSR count). The van der Waals surface area contributed by atoms with E-state index in [4.69, 9.17) is 0 Å². The Kier molecular flexibility index (Phi) is 3.98. The number of aryl methyl sites for hydroxylation is 1. The molecule has 0 atom stereocenters. The molecule has 0 fully saturated rings. The number of benzene rings is 1. The molecule has 0 radical (unpaired) electrons. The van der Waals surface area contributed by atoms with Crippen molar-refractivity contribution in [3.8, 4) is 5.75 Å². The maximum atomic E-state index is 12.5. The summed E-state index contributed by atoms with van der Waals surface area (Å²) in [6.45, 7) is 3.97. The van der Waals surface area contributed by atoms with E-state index in [-0.39, 0.29) is 5.91 Å². The van der Waals surface area contributed by atoms with E-state index in [1.54, 1.807) is 6.07 Å². The number of phenolic OH excluding ortho intramolecular Hbond substituents is 1. The number of fused-ring (bicyclic) bond motifs is 2. The van der Waals surface area contributed by atoms with Crippen molar-refractivity contribution in [2.24, 2.45) is 0 Å². The Morgan fingerprint density at radius 1 is 1.33 bits per heavy atom. The summed E-state index contributed by atoms with van der Waals surface area (Å²) in [4.78, 5) is 14.4. The van der Waals surface area contributed by atoms with Crippen molar-refractivity contribution in [2.75, 3.05) is 13.1 Å². The third kappa shape index (κ3) is 2.89. The van der Waals surface area contributed by atoms with Crippen molar-refractivity contribution in [1.29, 1.82) is 0 Å². The van der Waals surface area contributed by atoms with Crippen LogP contribution in [-0.2, 0) is 37.3 Å². The van der Waals surface area contributed by atoms with E-state index >= 15 is 0 Å². The highest BCUT2D eigenvalue weighted by Gasteiger charge is 2.22. The average Bonchev–Trinajstić information content (AvgIpc) is 3.02. The molecule has 24 heavy (non-hydrogen) atoms. The Labute approximate surface area is 141 Å². The number of nitrogens with one attached hydrogen (secondary N) is 1. The molecule has 6 heteroatoms. The molecule has 1 aromatic carbocycles. The van der Waals surface area contributed by atoms with Crippen LogP contribution < -0.4 is 5.32 Å². The minimum absolute atomic E-state index is 0.160. The molecule has 2 aromatic rings. The highest BCUT2D eigenvalue weighted by molar-refractivity contribution is 5.76. The zero-order valence-electron chi connectivity index (χ0n) is 13.7. The largest absolute Gasteiger partial charge is 0.508 e. The summed E-state index contributed by atoms with van der Waals surface area (Å²) in [5.74, 6) is 0.505. The van der Waals surface area contributed by atoms with Gasteiger partial charge < -0.3 is 15.3 Å². The molecule has 0 bridgehead atoms. The maximum Gasteiger partial charge on any atom is 0.223 e. The third-order valence-corrected chi connectivity index (χ3v) is 4.91. The van der Waals surface area contributed by atoms with Gasteiger partial charge in [-0.2, -0.15) is 5.10 Å². The second-order valence-corrected chi connectivity index (χ2v) is 6.51. The van der Waals surface area contributed by atoms with E-state index in [1.807, 2.05) is 21.7 Å². The number of hydrogen-bond acceptors (Lipinski definition) is 4. The molecule has 0 unspecified atom stereocenters. The summed E-state index contributed by atoms with van der Waals surface area (Å²) in [5, 5.41) is 17.8. The monoisotopic (exact) mass is 326 g/mol. The number of phenols is 1. The van der Waals surface area contributed by atoms with Gasteiger partial charge in [-0.1, -0.05) is 12.1 Å². The van der Waals surface area contributed by atoms with E-state index in [1.165, 1.54) is 5.69 Å². The Morgan fingerprint density at radius 2 is 2.25 bits per heavy atom. The van der Waals surface area contributed by atoms with E-state index in [2.05, 4.69) is 16.5 Å². The number of carbonyl (C=O) groups is 1. The second-order valence-electron chi connectivity index (χ2n) is 6.51. The van der Waals surface area contributed by atoms with E-state index in [0.717, 1.165) is 42.9 Å². The standard InChI is InChI=1S/C18H22N4O2/c23-17-3-1-2-13-12-21(8-6-16(13)17)18(24)5-4-14-10-15-11-19-7-9-22(15)20-14/h1-3,10,19,23H,4-9,11-12H2. The van der Waals surface area contributed by atoms with Gasteiger partial charge in [0.15, 0.2) is 0 Å². The smallest absolute Gasteiger partial charge is 0.223 e. The molecule has 6 nitrogen and oxygen atoms in total. The van der Waals surface area contributed by atoms with Crippen molar-refractivity contribution in [2.45, 2.75) is 38.9 Å². The second kappa shape index (κ2) is 6.28. The van der Waals surface area contributed by atoms with Crippen LogP contribution >= 0.6 is 0 Å². The van der Waals surface area contributed by atoms with E-state index in [9.17, 15) is 9.90 Å². The van der Waals surface area contributed by atoms with Gasteiger partial charge in [-0.05, 0) is 24.1 Å². The lowest BCUT2D eigenvalue weighted by atomic mass is 9.98. The molecular weight excluding hydrogens is 304 g/mol. The normalized spacial score (nSPS) is 16.6. The minimum Gasteiger partial charge on any atom is -0.508 e. The van der Waals surface area contributed by atoms with Crippen LogP contribution in [0.1, 0.15) is 28.9 Å². The molecule has 2 N–H and O–H groups in total. The molecule has 2 aliphatic rings. The zero-order valence-corrected chi connectivity index (χ0v) is 13.7. The molecule has 1 aromatic heterocycles. The molecule has 3 heterocycles. The molecule has 0 saturated carbocycles. The summed E-state index contributed by atoms with van der Waals surface area (Å²) in [7, 11) is 0. The van der Waals surface area contributed by atoms with Gasteiger partial charge in [-0.3, -0.25) is 9.48 Å². The fraction of sp³-hybridized carbons (Fsp3) is 0.444. The van der Waals surface area contributed by atoms with Crippen LogP contribution in [0, 0.1) is 0 Å². The van der Waals surface area contributed by atoms with Crippen LogP contribution in [0.25, 0.3) is 0 Å². The van der Waals surface area contributed by atoms with Crippen LogP contribution in [0.15, 0.2) is 24.3 Å². The van der Waals surface area contributed by atoms with Crippen LogP contribution in [0.4, 0.5) is 0 Å². The Hall–Kier alpha value is -2.34. The summed E-state index contributed by atoms with van der Waals surface area (Å²) in [5.41, 5.74) is 4.23. The van der Waals surface area contributed by atoms with Crippen LogP contribution in [0.3, 0.4) is 0 Å². The van der Waals surface area contributed by atoms with Gasteiger partial charge in [0.25, 0.3) is 0 Å². The quantitative estimate of drug-likeness (QED) is 0.889. The predicted molar refractivity (Wildman–Crippen MR) is 89.5 cm³/mol. The fourth-order valence-corrected chi connectivity index (χ4v) is 3.57. The van der Waals surface area contributed by atoms with Gasteiger partial charge in [0.2, 0.25) is 5.91 Å². The third-order valence-electron chi connectivity index (χ3n) is 4.91. The number of aromatic nitrogens is 2. The molecule has 1 amide bonds. The van der Waals surface area contributed by atoms with Gasteiger partial charge in [-0.25, -0.2) is 0 Å². The number of nitrogens with zero attached hydrogens (tertiary/aromatic N) is 3. The highest BCUT2D eigenvalue weighted by atomic mass is 16.3. The van der Waals surface area contributed by atoms with E-state index < -0.39 is 0 Å².